The number of aliphatic hydroxyl groups is 2. The summed E-state index contributed by atoms with van der Waals surface area (Å²) in [7, 11) is 0. The lowest BCUT2D eigenvalue weighted by Gasteiger charge is -2.10. The van der Waals surface area contributed by atoms with Crippen LogP contribution in [0.1, 0.15) is 39.0 Å². The highest BCUT2D eigenvalue weighted by Crippen LogP contribution is 2.05. The highest BCUT2D eigenvalue weighted by atomic mass is 16.3. The van der Waals surface area contributed by atoms with Crippen molar-refractivity contribution in [1.82, 2.24) is 5.32 Å². The monoisotopic (exact) mass is 215 g/mol. The van der Waals surface area contributed by atoms with Crippen molar-refractivity contribution >= 4 is 0 Å². The van der Waals surface area contributed by atoms with Gasteiger partial charge in [0.1, 0.15) is 0 Å². The normalized spacial score (nSPS) is 13.5. The maximum absolute atomic E-state index is 9.52. The van der Waals surface area contributed by atoms with Crippen LogP contribution in [0.3, 0.4) is 0 Å². The van der Waals surface area contributed by atoms with Gasteiger partial charge in [-0.15, -0.1) is 0 Å². The molecular formula is C12H25NO2. The number of unbranched alkanes of at least 4 members (excludes halogenated alkanes) is 3. The zero-order valence-corrected chi connectivity index (χ0v) is 9.78. The van der Waals surface area contributed by atoms with Crippen LogP contribution < -0.4 is 5.32 Å². The molecule has 0 spiro atoms. The molecule has 3 N–H and O–H groups in total. The van der Waals surface area contributed by atoms with Gasteiger partial charge in [0.25, 0.3) is 0 Å². The van der Waals surface area contributed by atoms with E-state index in [4.69, 9.17) is 5.11 Å². The predicted molar refractivity (Wildman–Crippen MR) is 63.9 cm³/mol. The fraction of sp³-hybridized carbons (Fsp3) is 0.833. The van der Waals surface area contributed by atoms with Crippen molar-refractivity contribution in [3.63, 3.8) is 0 Å². The van der Waals surface area contributed by atoms with Crippen molar-refractivity contribution in [3.05, 3.63) is 12.2 Å². The molecule has 0 saturated carbocycles. The minimum absolute atomic E-state index is 0.135. The third kappa shape index (κ3) is 11.5. The highest BCUT2D eigenvalue weighted by molar-refractivity contribution is 4.76. The summed E-state index contributed by atoms with van der Waals surface area (Å²) in [5.41, 5.74) is 0. The molecule has 0 heterocycles. The van der Waals surface area contributed by atoms with Crippen molar-refractivity contribution in [1.29, 1.82) is 0 Å². The van der Waals surface area contributed by atoms with Crippen LogP contribution in [-0.4, -0.2) is 36.0 Å². The zero-order chi connectivity index (χ0) is 11.4. The van der Waals surface area contributed by atoms with E-state index in [2.05, 4.69) is 17.5 Å². The van der Waals surface area contributed by atoms with Crippen molar-refractivity contribution < 1.29 is 10.2 Å². The molecule has 3 nitrogen and oxygen atoms in total. The van der Waals surface area contributed by atoms with Crippen LogP contribution in [0.25, 0.3) is 0 Å². The van der Waals surface area contributed by atoms with Crippen LogP contribution in [0.4, 0.5) is 0 Å². The van der Waals surface area contributed by atoms with E-state index in [1.165, 1.54) is 12.8 Å². The van der Waals surface area contributed by atoms with Crippen LogP contribution in [0.15, 0.2) is 12.2 Å². The van der Waals surface area contributed by atoms with Gasteiger partial charge in [-0.3, -0.25) is 0 Å². The second-order valence-electron chi connectivity index (χ2n) is 3.79. The Morgan fingerprint density at radius 2 is 2.07 bits per heavy atom. The van der Waals surface area contributed by atoms with E-state index in [1.807, 2.05) is 6.92 Å². The SMILES string of the molecule is C/C=C/CCCCCC(O)CNCCO. The molecule has 0 fully saturated rings. The van der Waals surface area contributed by atoms with Gasteiger partial charge >= 0.3 is 0 Å². The van der Waals surface area contributed by atoms with E-state index in [0.29, 0.717) is 13.1 Å². The molecule has 0 amide bonds. The van der Waals surface area contributed by atoms with Crippen molar-refractivity contribution in [2.45, 2.75) is 45.1 Å². The third-order valence-electron chi connectivity index (χ3n) is 2.31. The molecule has 15 heavy (non-hydrogen) atoms. The van der Waals surface area contributed by atoms with E-state index < -0.39 is 0 Å². The van der Waals surface area contributed by atoms with Gasteiger partial charge in [-0.25, -0.2) is 0 Å². The topological polar surface area (TPSA) is 52.5 Å². The van der Waals surface area contributed by atoms with Gasteiger partial charge in [0.15, 0.2) is 0 Å². The van der Waals surface area contributed by atoms with E-state index >= 15 is 0 Å². The molecule has 0 bridgehead atoms. The second kappa shape index (κ2) is 11.7. The molecule has 0 aliphatic heterocycles. The molecule has 0 aromatic carbocycles. The molecule has 0 rings (SSSR count). The Morgan fingerprint density at radius 3 is 2.73 bits per heavy atom. The van der Waals surface area contributed by atoms with Gasteiger partial charge in [0, 0.05) is 13.1 Å². The quantitative estimate of drug-likeness (QED) is 0.382. The Balaban J connectivity index is 3.12. The molecule has 3 heteroatoms. The average Bonchev–Trinajstić information content (AvgIpc) is 2.23. The van der Waals surface area contributed by atoms with E-state index in [1.54, 1.807) is 0 Å². The molecule has 0 saturated heterocycles. The molecule has 0 radical (unpaired) electrons. The predicted octanol–water partition coefficient (Wildman–Crippen LogP) is 1.46. The van der Waals surface area contributed by atoms with E-state index in [9.17, 15) is 5.11 Å². The van der Waals surface area contributed by atoms with Crippen LogP contribution in [0.5, 0.6) is 0 Å². The minimum Gasteiger partial charge on any atom is -0.395 e. The largest absolute Gasteiger partial charge is 0.395 e. The van der Waals surface area contributed by atoms with Crippen LogP contribution >= 0.6 is 0 Å². The number of hydrogen-bond donors (Lipinski definition) is 3. The molecule has 1 unspecified atom stereocenters. The Labute approximate surface area is 93.2 Å². The van der Waals surface area contributed by atoms with Gasteiger partial charge < -0.3 is 15.5 Å². The molecule has 0 aliphatic rings. The Hall–Kier alpha value is -0.380. The Kier molecular flexibility index (Phi) is 11.4. The highest BCUT2D eigenvalue weighted by Gasteiger charge is 2.02. The number of rotatable bonds is 10. The fourth-order valence-electron chi connectivity index (χ4n) is 1.44. The number of allylic oxidation sites excluding steroid dienone is 2. The number of hydrogen-bond acceptors (Lipinski definition) is 3. The van der Waals surface area contributed by atoms with Crippen molar-refractivity contribution in [2.75, 3.05) is 19.7 Å². The summed E-state index contributed by atoms with van der Waals surface area (Å²) in [5.74, 6) is 0. The van der Waals surface area contributed by atoms with Crippen LogP contribution in [-0.2, 0) is 0 Å². The first-order chi connectivity index (χ1) is 7.31. The maximum Gasteiger partial charge on any atom is 0.0664 e. The zero-order valence-electron chi connectivity index (χ0n) is 9.78. The summed E-state index contributed by atoms with van der Waals surface area (Å²) >= 11 is 0. The first kappa shape index (κ1) is 14.6. The summed E-state index contributed by atoms with van der Waals surface area (Å²) in [6, 6.07) is 0. The Morgan fingerprint density at radius 1 is 1.27 bits per heavy atom. The lowest BCUT2D eigenvalue weighted by atomic mass is 10.1. The molecule has 90 valence electrons. The first-order valence-electron chi connectivity index (χ1n) is 5.92. The fourth-order valence-corrected chi connectivity index (χ4v) is 1.44. The standard InChI is InChI=1S/C12H25NO2/c1-2-3-4-5-6-7-8-12(15)11-13-9-10-14/h2-3,12-15H,4-11H2,1H3/b3-2+. The van der Waals surface area contributed by atoms with E-state index in [-0.39, 0.29) is 12.7 Å². The summed E-state index contributed by atoms with van der Waals surface area (Å²) < 4.78 is 0. The van der Waals surface area contributed by atoms with Crippen molar-refractivity contribution in [2.24, 2.45) is 0 Å². The first-order valence-corrected chi connectivity index (χ1v) is 5.92. The molecule has 0 aromatic heterocycles. The Bertz CT molecular complexity index is 149. The number of aliphatic hydroxyl groups excluding tert-OH is 2. The smallest absolute Gasteiger partial charge is 0.0664 e. The second-order valence-corrected chi connectivity index (χ2v) is 3.79. The molecule has 1 atom stereocenters. The van der Waals surface area contributed by atoms with Gasteiger partial charge in [0.2, 0.25) is 0 Å². The summed E-state index contributed by atoms with van der Waals surface area (Å²) in [4.78, 5) is 0. The van der Waals surface area contributed by atoms with Gasteiger partial charge in [0.05, 0.1) is 12.7 Å². The van der Waals surface area contributed by atoms with Gasteiger partial charge in [-0.2, -0.15) is 0 Å². The summed E-state index contributed by atoms with van der Waals surface area (Å²) in [6.07, 6.45) is 9.47. The summed E-state index contributed by atoms with van der Waals surface area (Å²) in [5, 5.41) is 21.0. The number of nitrogens with one attached hydrogen (secondary N) is 1. The van der Waals surface area contributed by atoms with E-state index in [0.717, 1.165) is 19.3 Å². The lowest BCUT2D eigenvalue weighted by molar-refractivity contribution is 0.155. The minimum atomic E-state index is -0.265. The van der Waals surface area contributed by atoms with Gasteiger partial charge in [-0.05, 0) is 26.2 Å². The van der Waals surface area contributed by atoms with Crippen LogP contribution in [0, 0.1) is 0 Å². The lowest BCUT2D eigenvalue weighted by Crippen LogP contribution is -2.28. The van der Waals surface area contributed by atoms with Crippen LogP contribution in [0.2, 0.25) is 0 Å². The molecular weight excluding hydrogens is 190 g/mol. The maximum atomic E-state index is 9.52. The molecule has 0 aliphatic carbocycles. The van der Waals surface area contributed by atoms with Crippen molar-refractivity contribution in [3.8, 4) is 0 Å². The molecule has 0 aromatic rings. The average molecular weight is 215 g/mol. The van der Waals surface area contributed by atoms with Gasteiger partial charge in [-0.1, -0.05) is 25.0 Å². The third-order valence-corrected chi connectivity index (χ3v) is 2.31. The summed E-state index contributed by atoms with van der Waals surface area (Å²) in [6.45, 7) is 3.33.